The van der Waals surface area contributed by atoms with Crippen molar-refractivity contribution in [2.24, 2.45) is 0 Å². The molecule has 0 N–H and O–H groups in total. The molecule has 1 aromatic carbocycles. The van der Waals surface area contributed by atoms with Crippen molar-refractivity contribution in [2.45, 2.75) is 57.1 Å². The van der Waals surface area contributed by atoms with Crippen molar-refractivity contribution in [1.29, 1.82) is 5.26 Å². The largest absolute Gasteiger partial charge is 0.494 e. The van der Waals surface area contributed by atoms with Crippen LogP contribution in [0.3, 0.4) is 0 Å². The van der Waals surface area contributed by atoms with Crippen LogP contribution in [0.25, 0.3) is 0 Å². The molecular formula is C20H26N2O3. The first-order valence-corrected chi connectivity index (χ1v) is 9.32. The van der Waals surface area contributed by atoms with Crippen LogP contribution < -0.4 is 4.74 Å². The zero-order valence-corrected chi connectivity index (χ0v) is 14.7. The number of carbonyl (C=O) groups excluding carboxylic acids is 1. The monoisotopic (exact) mass is 342 g/mol. The Kier molecular flexibility index (Phi) is 6.30. The molecule has 1 saturated carbocycles. The highest BCUT2D eigenvalue weighted by Gasteiger charge is 2.36. The maximum Gasteiger partial charge on any atom is 0.222 e. The predicted octanol–water partition coefficient (Wildman–Crippen LogP) is 3.28. The minimum atomic E-state index is 0.252. The molecule has 1 amide bonds. The first-order chi connectivity index (χ1) is 12.3. The number of amides is 1. The van der Waals surface area contributed by atoms with Crippen LogP contribution in [0, 0.1) is 11.3 Å². The van der Waals surface area contributed by atoms with Gasteiger partial charge in [-0.25, -0.2) is 0 Å². The number of nitrogens with zero attached hydrogens (tertiary/aromatic N) is 2. The van der Waals surface area contributed by atoms with Crippen molar-refractivity contribution >= 4 is 5.91 Å². The maximum absolute atomic E-state index is 12.6. The third-order valence-corrected chi connectivity index (χ3v) is 5.07. The number of hydrogen-bond acceptors (Lipinski definition) is 4. The second kappa shape index (κ2) is 8.87. The number of morpholine rings is 1. The summed E-state index contributed by atoms with van der Waals surface area (Å²) >= 11 is 0. The second-order valence-corrected chi connectivity index (χ2v) is 6.79. The quantitative estimate of drug-likeness (QED) is 0.744. The Hall–Kier alpha value is -2.06. The van der Waals surface area contributed by atoms with Gasteiger partial charge in [0.2, 0.25) is 5.91 Å². The summed E-state index contributed by atoms with van der Waals surface area (Å²) in [5.41, 5.74) is 0.599. The summed E-state index contributed by atoms with van der Waals surface area (Å²) in [7, 11) is 0. The van der Waals surface area contributed by atoms with Crippen molar-refractivity contribution in [2.75, 3.05) is 19.8 Å². The molecule has 0 bridgehead atoms. The number of carbonyl (C=O) groups is 1. The van der Waals surface area contributed by atoms with Crippen LogP contribution in [0.4, 0.5) is 0 Å². The van der Waals surface area contributed by atoms with E-state index in [-0.39, 0.29) is 12.0 Å². The van der Waals surface area contributed by atoms with Gasteiger partial charge in [0, 0.05) is 13.0 Å². The smallest absolute Gasteiger partial charge is 0.222 e. The normalized spacial score (nSPS) is 22.8. The van der Waals surface area contributed by atoms with Crippen molar-refractivity contribution in [3.8, 4) is 11.8 Å². The van der Waals surface area contributed by atoms with E-state index in [1.54, 1.807) is 12.1 Å². The molecule has 3 rings (SSSR count). The fourth-order valence-electron chi connectivity index (χ4n) is 3.77. The predicted molar refractivity (Wildman–Crippen MR) is 94.2 cm³/mol. The van der Waals surface area contributed by atoms with E-state index >= 15 is 0 Å². The highest BCUT2D eigenvalue weighted by molar-refractivity contribution is 5.76. The lowest BCUT2D eigenvalue weighted by Gasteiger charge is -2.43. The van der Waals surface area contributed by atoms with Crippen LogP contribution in [0.5, 0.6) is 5.75 Å². The Morgan fingerprint density at radius 1 is 1.32 bits per heavy atom. The molecule has 1 aliphatic heterocycles. The summed E-state index contributed by atoms with van der Waals surface area (Å²) < 4.78 is 11.5. The molecular weight excluding hydrogens is 316 g/mol. The Balaban J connectivity index is 1.38. The molecule has 1 heterocycles. The average molecular weight is 342 g/mol. The summed E-state index contributed by atoms with van der Waals surface area (Å²) in [5, 5.41) is 8.88. The van der Waals surface area contributed by atoms with Crippen LogP contribution in [-0.2, 0) is 9.53 Å². The van der Waals surface area contributed by atoms with E-state index in [9.17, 15) is 4.79 Å². The summed E-state index contributed by atoms with van der Waals surface area (Å²) in [6.07, 6.45) is 7.07. The van der Waals surface area contributed by atoms with Gasteiger partial charge in [0.1, 0.15) is 5.75 Å². The van der Waals surface area contributed by atoms with Crippen molar-refractivity contribution in [3.63, 3.8) is 0 Å². The summed E-state index contributed by atoms with van der Waals surface area (Å²) in [6.45, 7) is 1.97. The van der Waals surface area contributed by atoms with E-state index in [1.807, 2.05) is 12.1 Å². The number of rotatable bonds is 6. The third-order valence-electron chi connectivity index (χ3n) is 5.07. The molecule has 25 heavy (non-hydrogen) atoms. The lowest BCUT2D eigenvalue weighted by atomic mass is 9.90. The van der Waals surface area contributed by atoms with Crippen LogP contribution in [0.1, 0.15) is 50.5 Å². The van der Waals surface area contributed by atoms with Gasteiger partial charge >= 0.3 is 0 Å². The van der Waals surface area contributed by atoms with E-state index < -0.39 is 0 Å². The first-order valence-electron chi connectivity index (χ1n) is 9.32. The van der Waals surface area contributed by atoms with Gasteiger partial charge in [-0.3, -0.25) is 4.79 Å². The van der Waals surface area contributed by atoms with Gasteiger partial charge in [-0.15, -0.1) is 0 Å². The standard InChI is InChI=1S/C20H26N2O3/c21-15-16-6-5-7-17(14-16)24-12-4-3-10-20(23)22-11-13-25-19-9-2-1-8-18(19)22/h5-7,14,18-19H,1-4,8-13H2/t18-,19-/m1/s1. The highest BCUT2D eigenvalue weighted by Crippen LogP contribution is 2.29. The summed E-state index contributed by atoms with van der Waals surface area (Å²) in [5.74, 6) is 0.968. The number of hydrogen-bond donors (Lipinski definition) is 0. The van der Waals surface area contributed by atoms with Crippen LogP contribution in [0.15, 0.2) is 24.3 Å². The fraction of sp³-hybridized carbons (Fsp3) is 0.600. The summed E-state index contributed by atoms with van der Waals surface area (Å²) in [4.78, 5) is 14.6. The van der Waals surface area contributed by atoms with Gasteiger partial charge in [0.25, 0.3) is 0 Å². The molecule has 0 spiro atoms. The first kappa shape index (κ1) is 17.8. The zero-order chi connectivity index (χ0) is 17.5. The van der Waals surface area contributed by atoms with Gasteiger partial charge in [-0.1, -0.05) is 18.9 Å². The molecule has 134 valence electrons. The number of unbranched alkanes of at least 4 members (excludes halogenated alkanes) is 1. The van der Waals surface area contributed by atoms with Gasteiger partial charge in [-0.2, -0.15) is 5.26 Å². The highest BCUT2D eigenvalue weighted by atomic mass is 16.5. The van der Waals surface area contributed by atoms with Crippen molar-refractivity contribution in [1.82, 2.24) is 4.90 Å². The van der Waals surface area contributed by atoms with E-state index in [0.29, 0.717) is 37.0 Å². The molecule has 1 saturated heterocycles. The Morgan fingerprint density at radius 3 is 3.08 bits per heavy atom. The van der Waals surface area contributed by atoms with E-state index in [2.05, 4.69) is 11.0 Å². The lowest BCUT2D eigenvalue weighted by Crippen LogP contribution is -2.54. The molecule has 0 unspecified atom stereocenters. The van der Waals surface area contributed by atoms with Gasteiger partial charge in [0.15, 0.2) is 0 Å². The molecule has 0 aromatic heterocycles. The topological polar surface area (TPSA) is 62.6 Å². The molecule has 2 atom stereocenters. The zero-order valence-electron chi connectivity index (χ0n) is 14.7. The van der Waals surface area contributed by atoms with Crippen molar-refractivity contribution < 1.29 is 14.3 Å². The molecule has 5 nitrogen and oxygen atoms in total. The lowest BCUT2D eigenvalue weighted by molar-refractivity contribution is -0.149. The number of fused-ring (bicyclic) bond motifs is 1. The summed E-state index contributed by atoms with van der Waals surface area (Å²) in [6, 6.07) is 9.55. The Bertz CT molecular complexity index is 624. The molecule has 1 aliphatic carbocycles. The number of benzene rings is 1. The van der Waals surface area contributed by atoms with E-state index in [0.717, 1.165) is 32.2 Å². The minimum absolute atomic E-state index is 0.252. The van der Waals surface area contributed by atoms with Gasteiger partial charge < -0.3 is 14.4 Å². The van der Waals surface area contributed by atoms with E-state index in [4.69, 9.17) is 14.7 Å². The molecule has 1 aromatic rings. The van der Waals surface area contributed by atoms with Crippen molar-refractivity contribution in [3.05, 3.63) is 29.8 Å². The number of ether oxygens (including phenoxy) is 2. The van der Waals surface area contributed by atoms with Crippen LogP contribution in [0.2, 0.25) is 0 Å². The van der Waals surface area contributed by atoms with Gasteiger partial charge in [-0.05, 0) is 43.9 Å². The maximum atomic E-state index is 12.6. The second-order valence-electron chi connectivity index (χ2n) is 6.79. The number of nitriles is 1. The minimum Gasteiger partial charge on any atom is -0.494 e. The van der Waals surface area contributed by atoms with Gasteiger partial charge in [0.05, 0.1) is 37.0 Å². The molecule has 5 heteroatoms. The molecule has 2 aliphatic rings. The molecule has 0 radical (unpaired) electrons. The average Bonchev–Trinajstić information content (AvgIpc) is 2.67. The molecule has 2 fully saturated rings. The third kappa shape index (κ3) is 4.73. The van der Waals surface area contributed by atoms with Crippen LogP contribution in [-0.4, -0.2) is 42.7 Å². The Morgan fingerprint density at radius 2 is 2.20 bits per heavy atom. The fourth-order valence-corrected chi connectivity index (χ4v) is 3.77. The SMILES string of the molecule is N#Cc1cccc(OCCCCC(=O)N2CCO[C@@H]3CCCC[C@H]32)c1. The Labute approximate surface area is 149 Å². The van der Waals surface area contributed by atoms with Crippen LogP contribution >= 0.6 is 0 Å². The van der Waals surface area contributed by atoms with E-state index in [1.165, 1.54) is 12.8 Å².